The number of hydrazone groups is 1. The molecule has 0 atom stereocenters. The monoisotopic (exact) mass is 437 g/mol. The lowest BCUT2D eigenvalue weighted by Gasteiger charge is -2.16. The number of rotatable bonds is 8. The van der Waals surface area contributed by atoms with Gasteiger partial charge in [-0.15, -0.1) is 5.10 Å². The van der Waals surface area contributed by atoms with E-state index in [-0.39, 0.29) is 0 Å². The van der Waals surface area contributed by atoms with E-state index in [0.717, 1.165) is 44.5 Å². The highest BCUT2D eigenvalue weighted by Crippen LogP contribution is 2.19. The summed E-state index contributed by atoms with van der Waals surface area (Å²) in [5.41, 5.74) is 12.0. The molecule has 0 bridgehead atoms. The molecule has 4 N–H and O–H groups in total. The molecular weight excluding hydrogens is 410 g/mol. The van der Waals surface area contributed by atoms with Gasteiger partial charge in [0.2, 0.25) is 0 Å². The average molecular weight is 438 g/mol. The Morgan fingerprint density at radius 1 is 1.03 bits per heavy atom. The molecule has 0 amide bonds. The van der Waals surface area contributed by atoms with Crippen LogP contribution in [0.3, 0.4) is 0 Å². The van der Waals surface area contributed by atoms with Crippen molar-refractivity contribution in [3.8, 4) is 5.75 Å². The predicted octanol–water partition coefficient (Wildman–Crippen LogP) is 4.84. The highest BCUT2D eigenvalue weighted by molar-refractivity contribution is 5.97. The van der Waals surface area contributed by atoms with Gasteiger partial charge in [-0.1, -0.05) is 54.6 Å². The molecule has 0 saturated carbocycles. The van der Waals surface area contributed by atoms with E-state index in [4.69, 9.17) is 16.3 Å². The molecule has 0 spiro atoms. The van der Waals surface area contributed by atoms with Gasteiger partial charge >= 0.3 is 0 Å². The summed E-state index contributed by atoms with van der Waals surface area (Å²) in [6.45, 7) is 6.84. The first kappa shape index (κ1) is 22.0. The van der Waals surface area contributed by atoms with Crippen LogP contribution in [0.2, 0.25) is 0 Å². The van der Waals surface area contributed by atoms with Crippen molar-refractivity contribution >= 4 is 22.3 Å². The topological polar surface area (TPSA) is 89.8 Å². The van der Waals surface area contributed by atoms with E-state index < -0.39 is 0 Å². The van der Waals surface area contributed by atoms with Crippen LogP contribution in [0, 0.1) is 0 Å². The van der Waals surface area contributed by atoms with E-state index in [1.807, 2.05) is 85.9 Å². The highest BCUT2D eigenvalue weighted by atomic mass is 16.5. The molecule has 0 aliphatic rings. The Morgan fingerprint density at radius 2 is 1.76 bits per heavy atom. The Kier molecular flexibility index (Phi) is 6.66. The molecular formula is C27H27N5O. The van der Waals surface area contributed by atoms with Crippen molar-refractivity contribution in [3.05, 3.63) is 114 Å². The fraction of sp³-hybridized carbons (Fsp3) is 0.111. The fourth-order valence-electron chi connectivity index (χ4n) is 3.56. The van der Waals surface area contributed by atoms with E-state index in [2.05, 4.69) is 22.7 Å². The van der Waals surface area contributed by atoms with Gasteiger partial charge in [-0.25, -0.2) is 11.0 Å². The van der Waals surface area contributed by atoms with Crippen LogP contribution >= 0.6 is 0 Å². The van der Waals surface area contributed by atoms with Gasteiger partial charge in [0.1, 0.15) is 12.4 Å². The van der Waals surface area contributed by atoms with Crippen LogP contribution in [0.5, 0.6) is 5.75 Å². The molecule has 1 aromatic heterocycles. The fourth-order valence-corrected chi connectivity index (χ4v) is 3.56. The molecule has 4 aromatic rings. The van der Waals surface area contributed by atoms with Crippen molar-refractivity contribution in [1.82, 2.24) is 10.1 Å². The summed E-state index contributed by atoms with van der Waals surface area (Å²) in [5.74, 6) is 7.17. The molecule has 0 saturated heterocycles. The van der Waals surface area contributed by atoms with Crippen LogP contribution in [-0.2, 0) is 13.2 Å². The average Bonchev–Trinajstić information content (AvgIpc) is 2.83. The van der Waals surface area contributed by atoms with Crippen LogP contribution in [0.15, 0.2) is 96.7 Å². The van der Waals surface area contributed by atoms with Crippen molar-refractivity contribution in [1.29, 1.82) is 0 Å². The second-order valence-corrected chi connectivity index (χ2v) is 7.87. The van der Waals surface area contributed by atoms with Gasteiger partial charge in [0.15, 0.2) is 5.84 Å². The Labute approximate surface area is 193 Å². The Balaban J connectivity index is 1.38. The van der Waals surface area contributed by atoms with Gasteiger partial charge in [-0.2, -0.15) is 0 Å². The number of para-hydroxylation sites is 1. The molecule has 0 fully saturated rings. The Morgan fingerprint density at radius 3 is 2.55 bits per heavy atom. The van der Waals surface area contributed by atoms with Crippen LogP contribution in [0.1, 0.15) is 29.2 Å². The highest BCUT2D eigenvalue weighted by Gasteiger charge is 2.07. The van der Waals surface area contributed by atoms with Gasteiger partial charge < -0.3 is 10.5 Å². The lowest BCUT2D eigenvalue weighted by atomic mass is 10.0. The van der Waals surface area contributed by atoms with Crippen molar-refractivity contribution in [2.75, 3.05) is 0 Å². The number of amidine groups is 1. The number of hydrogen-bond donors (Lipinski definition) is 2. The SMILES string of the molecule is C=C(C)c1ccccc1CN(N)/N=C(\N)c1ccc(OCc2cnc3ccccc3c2)cc1. The number of allylic oxidation sites excluding steroid dienone is 1. The van der Waals surface area contributed by atoms with Crippen molar-refractivity contribution in [2.24, 2.45) is 16.7 Å². The van der Waals surface area contributed by atoms with Gasteiger partial charge in [-0.3, -0.25) is 4.98 Å². The van der Waals surface area contributed by atoms with E-state index in [9.17, 15) is 0 Å². The molecule has 0 unspecified atom stereocenters. The molecule has 166 valence electrons. The smallest absolute Gasteiger partial charge is 0.152 e. The summed E-state index contributed by atoms with van der Waals surface area (Å²) in [6.07, 6.45) is 1.84. The van der Waals surface area contributed by atoms with Crippen molar-refractivity contribution in [3.63, 3.8) is 0 Å². The third-order valence-corrected chi connectivity index (χ3v) is 5.25. The molecule has 0 aliphatic heterocycles. The molecule has 1 heterocycles. The van der Waals surface area contributed by atoms with Crippen molar-refractivity contribution < 1.29 is 4.74 Å². The first-order chi connectivity index (χ1) is 16.0. The number of fused-ring (bicyclic) bond motifs is 1. The Bertz CT molecular complexity index is 1300. The molecule has 6 heteroatoms. The lowest BCUT2D eigenvalue weighted by molar-refractivity contribution is 0.290. The quantitative estimate of drug-likeness (QED) is 0.178. The minimum Gasteiger partial charge on any atom is -0.489 e. The molecule has 0 aliphatic carbocycles. The number of ether oxygens (including phenoxy) is 1. The normalized spacial score (nSPS) is 11.4. The molecule has 6 nitrogen and oxygen atoms in total. The number of aromatic nitrogens is 1. The van der Waals surface area contributed by atoms with E-state index in [0.29, 0.717) is 19.0 Å². The van der Waals surface area contributed by atoms with Crippen molar-refractivity contribution in [2.45, 2.75) is 20.1 Å². The van der Waals surface area contributed by atoms with Gasteiger partial charge in [0, 0.05) is 22.7 Å². The first-order valence-electron chi connectivity index (χ1n) is 10.7. The number of hydrogen-bond acceptors (Lipinski definition) is 5. The predicted molar refractivity (Wildman–Crippen MR) is 134 cm³/mol. The van der Waals surface area contributed by atoms with E-state index >= 15 is 0 Å². The number of pyridine rings is 1. The summed E-state index contributed by atoms with van der Waals surface area (Å²) in [7, 11) is 0. The minimum atomic E-state index is 0.329. The van der Waals surface area contributed by atoms with Gasteiger partial charge in [0.25, 0.3) is 0 Å². The number of benzene rings is 3. The second-order valence-electron chi connectivity index (χ2n) is 7.87. The number of nitrogens with zero attached hydrogens (tertiary/aromatic N) is 3. The van der Waals surface area contributed by atoms with Gasteiger partial charge in [0.05, 0.1) is 12.1 Å². The molecule has 0 radical (unpaired) electrons. The molecule has 3 aromatic carbocycles. The summed E-state index contributed by atoms with van der Waals surface area (Å²) in [5, 5.41) is 6.76. The molecule has 4 rings (SSSR count). The largest absolute Gasteiger partial charge is 0.489 e. The third-order valence-electron chi connectivity index (χ3n) is 5.25. The zero-order valence-electron chi connectivity index (χ0n) is 18.6. The molecule has 33 heavy (non-hydrogen) atoms. The first-order valence-corrected chi connectivity index (χ1v) is 10.7. The maximum atomic E-state index is 6.18. The summed E-state index contributed by atoms with van der Waals surface area (Å²) >= 11 is 0. The van der Waals surface area contributed by atoms with E-state index in [1.165, 1.54) is 5.12 Å². The minimum absolute atomic E-state index is 0.329. The van der Waals surface area contributed by atoms with Crippen LogP contribution in [0.4, 0.5) is 0 Å². The number of nitrogens with two attached hydrogens (primary N) is 2. The maximum absolute atomic E-state index is 6.18. The lowest BCUT2D eigenvalue weighted by Crippen LogP contribution is -2.29. The van der Waals surface area contributed by atoms with Crippen LogP contribution in [0.25, 0.3) is 16.5 Å². The summed E-state index contributed by atoms with van der Waals surface area (Å²) < 4.78 is 5.91. The maximum Gasteiger partial charge on any atom is 0.152 e. The van der Waals surface area contributed by atoms with E-state index in [1.54, 1.807) is 0 Å². The van der Waals surface area contributed by atoms with Gasteiger partial charge in [-0.05, 0) is 54.4 Å². The summed E-state index contributed by atoms with van der Waals surface area (Å²) in [4.78, 5) is 4.47. The summed E-state index contributed by atoms with van der Waals surface area (Å²) in [6, 6.07) is 25.5. The standard InChI is InChI=1S/C27H27N5O/c1-19(2)25-9-5-3-8-23(25)17-32(29)31-27(28)21-11-13-24(14-12-21)33-18-20-15-22-7-4-6-10-26(22)30-16-20/h3-16H,1,17-18,29H2,2H3,(H2,28,31). The second kappa shape index (κ2) is 9.97. The zero-order chi connectivity index (χ0) is 23.2. The zero-order valence-corrected chi connectivity index (χ0v) is 18.6. The number of hydrazine groups is 1. The Hall–Kier alpha value is -4.16. The third kappa shape index (κ3) is 5.56. The van der Waals surface area contributed by atoms with Crippen LogP contribution in [-0.4, -0.2) is 15.9 Å². The van der Waals surface area contributed by atoms with Crippen LogP contribution < -0.4 is 16.3 Å².